The number of aromatic nitrogens is 2. The summed E-state index contributed by atoms with van der Waals surface area (Å²) in [5.74, 6) is -0.364. The van der Waals surface area contributed by atoms with Crippen molar-refractivity contribution in [2.45, 2.75) is 6.42 Å². The molecule has 0 spiro atoms. The standard InChI is InChI=1S/C23H21FN4O2S/c24-17-7-5-16(6-8-17)20-14-28-18(15-31-23(28)26-20)13-22(29)25-19-3-1-2-4-21(19)27-9-11-30-12-10-27/h1-8,14-15H,9-13H2,(H,25,29). The number of carbonyl (C=O) groups is 1. The Balaban J connectivity index is 1.34. The van der Waals surface area contributed by atoms with Crippen molar-refractivity contribution in [2.24, 2.45) is 0 Å². The molecule has 3 heterocycles. The maximum Gasteiger partial charge on any atom is 0.230 e. The highest BCUT2D eigenvalue weighted by Crippen LogP contribution is 2.27. The van der Waals surface area contributed by atoms with Gasteiger partial charge in [-0.05, 0) is 36.4 Å². The molecular weight excluding hydrogens is 415 g/mol. The topological polar surface area (TPSA) is 58.9 Å². The third-order valence-corrected chi connectivity index (χ3v) is 6.18. The van der Waals surface area contributed by atoms with Gasteiger partial charge in [0.25, 0.3) is 0 Å². The van der Waals surface area contributed by atoms with Crippen LogP contribution in [0.15, 0.2) is 60.1 Å². The number of morpholine rings is 1. The predicted molar refractivity (Wildman–Crippen MR) is 120 cm³/mol. The first kappa shape index (κ1) is 19.7. The van der Waals surface area contributed by atoms with Gasteiger partial charge in [0.1, 0.15) is 5.82 Å². The smallest absolute Gasteiger partial charge is 0.230 e. The average Bonchev–Trinajstić information content (AvgIpc) is 3.37. The first-order chi connectivity index (χ1) is 15.2. The number of imidazole rings is 1. The molecule has 6 nitrogen and oxygen atoms in total. The number of nitrogens with one attached hydrogen (secondary N) is 1. The van der Waals surface area contributed by atoms with Gasteiger partial charge >= 0.3 is 0 Å². The van der Waals surface area contributed by atoms with E-state index in [-0.39, 0.29) is 18.1 Å². The van der Waals surface area contributed by atoms with Crippen LogP contribution in [0.5, 0.6) is 0 Å². The van der Waals surface area contributed by atoms with Gasteiger partial charge in [-0.2, -0.15) is 0 Å². The van der Waals surface area contributed by atoms with E-state index < -0.39 is 0 Å². The first-order valence-corrected chi connectivity index (χ1v) is 11.0. The Morgan fingerprint density at radius 1 is 1.13 bits per heavy atom. The predicted octanol–water partition coefficient (Wildman–Crippen LogP) is 4.22. The number of nitrogens with zero attached hydrogens (tertiary/aromatic N) is 3. The van der Waals surface area contributed by atoms with Crippen LogP contribution in [0, 0.1) is 5.82 Å². The maximum atomic E-state index is 13.2. The number of fused-ring (bicyclic) bond motifs is 1. The lowest BCUT2D eigenvalue weighted by Gasteiger charge is -2.30. The van der Waals surface area contributed by atoms with Crippen LogP contribution in [0.2, 0.25) is 0 Å². The highest BCUT2D eigenvalue weighted by molar-refractivity contribution is 7.15. The second-order valence-corrected chi connectivity index (χ2v) is 8.19. The van der Waals surface area contributed by atoms with E-state index in [1.54, 1.807) is 12.1 Å². The molecule has 158 valence electrons. The van der Waals surface area contributed by atoms with Gasteiger partial charge in [-0.3, -0.25) is 9.20 Å². The quantitative estimate of drug-likeness (QED) is 0.509. The number of ether oxygens (including phenoxy) is 1. The Morgan fingerprint density at radius 3 is 2.71 bits per heavy atom. The number of carbonyl (C=O) groups excluding carboxylic acids is 1. The fourth-order valence-electron chi connectivity index (χ4n) is 3.73. The number of para-hydroxylation sites is 2. The zero-order valence-corrected chi connectivity index (χ0v) is 17.6. The largest absolute Gasteiger partial charge is 0.378 e. The van der Waals surface area contributed by atoms with Crippen molar-refractivity contribution < 1.29 is 13.9 Å². The third-order valence-electron chi connectivity index (χ3n) is 5.29. The first-order valence-electron chi connectivity index (χ1n) is 10.1. The van der Waals surface area contributed by atoms with Crippen molar-refractivity contribution in [3.8, 4) is 11.3 Å². The lowest BCUT2D eigenvalue weighted by molar-refractivity contribution is -0.115. The summed E-state index contributed by atoms with van der Waals surface area (Å²) in [6, 6.07) is 14.1. The molecule has 1 N–H and O–H groups in total. The van der Waals surface area contributed by atoms with E-state index in [0.717, 1.165) is 46.4 Å². The number of hydrogen-bond acceptors (Lipinski definition) is 5. The summed E-state index contributed by atoms with van der Waals surface area (Å²) in [4.78, 5) is 20.5. The van der Waals surface area contributed by atoms with Crippen molar-refractivity contribution >= 4 is 33.6 Å². The summed E-state index contributed by atoms with van der Waals surface area (Å²) in [5.41, 5.74) is 4.27. The van der Waals surface area contributed by atoms with Crippen molar-refractivity contribution in [3.05, 3.63) is 71.6 Å². The van der Waals surface area contributed by atoms with Gasteiger partial charge in [-0.25, -0.2) is 9.37 Å². The molecule has 0 saturated carbocycles. The minimum atomic E-state index is -0.278. The van der Waals surface area contributed by atoms with E-state index in [9.17, 15) is 9.18 Å². The molecule has 0 radical (unpaired) electrons. The molecule has 1 saturated heterocycles. The molecule has 0 unspecified atom stereocenters. The molecule has 31 heavy (non-hydrogen) atoms. The Hall–Kier alpha value is -3.23. The number of halogens is 1. The molecule has 2 aromatic heterocycles. The van der Waals surface area contributed by atoms with Gasteiger partial charge in [0, 0.05) is 35.9 Å². The van der Waals surface area contributed by atoms with Crippen LogP contribution >= 0.6 is 11.3 Å². The summed E-state index contributed by atoms with van der Waals surface area (Å²) >= 11 is 1.48. The van der Waals surface area contributed by atoms with Gasteiger partial charge in [0.2, 0.25) is 5.91 Å². The molecular formula is C23H21FN4O2S. The summed E-state index contributed by atoms with van der Waals surface area (Å²) in [5, 5.41) is 5.01. The van der Waals surface area contributed by atoms with Gasteiger partial charge < -0.3 is 15.0 Å². The molecule has 1 amide bonds. The number of benzene rings is 2. The summed E-state index contributed by atoms with van der Waals surface area (Å²) in [6.45, 7) is 2.98. The van der Waals surface area contributed by atoms with Gasteiger partial charge in [-0.1, -0.05) is 12.1 Å². The molecule has 0 bridgehead atoms. The van der Waals surface area contributed by atoms with Crippen LogP contribution in [0.4, 0.5) is 15.8 Å². The fraction of sp³-hybridized carbons (Fsp3) is 0.217. The Kier molecular flexibility index (Phi) is 5.40. The monoisotopic (exact) mass is 436 g/mol. The van der Waals surface area contributed by atoms with E-state index in [4.69, 9.17) is 4.74 Å². The average molecular weight is 437 g/mol. The minimum Gasteiger partial charge on any atom is -0.378 e. The van der Waals surface area contributed by atoms with Crippen LogP contribution in [-0.2, 0) is 16.0 Å². The second-order valence-electron chi connectivity index (χ2n) is 7.35. The van der Waals surface area contributed by atoms with Crippen LogP contribution in [-0.4, -0.2) is 41.6 Å². The number of amides is 1. The van der Waals surface area contributed by atoms with E-state index in [0.29, 0.717) is 13.2 Å². The Morgan fingerprint density at radius 2 is 1.90 bits per heavy atom. The Bertz CT molecular complexity index is 1210. The molecule has 1 fully saturated rings. The van der Waals surface area contributed by atoms with Crippen molar-refractivity contribution in [1.82, 2.24) is 9.38 Å². The fourth-order valence-corrected chi connectivity index (χ4v) is 4.61. The maximum absolute atomic E-state index is 13.2. The van der Waals surface area contributed by atoms with E-state index in [1.165, 1.54) is 23.5 Å². The van der Waals surface area contributed by atoms with Gasteiger partial charge in [0.05, 0.1) is 36.7 Å². The third kappa shape index (κ3) is 4.17. The molecule has 0 aliphatic carbocycles. The van der Waals surface area contributed by atoms with Crippen LogP contribution < -0.4 is 10.2 Å². The number of hydrogen-bond donors (Lipinski definition) is 1. The molecule has 5 rings (SSSR count). The number of thiazole rings is 1. The van der Waals surface area contributed by atoms with Gasteiger partial charge in [0.15, 0.2) is 4.96 Å². The highest BCUT2D eigenvalue weighted by Gasteiger charge is 2.17. The number of rotatable bonds is 5. The normalized spacial score (nSPS) is 14.2. The lowest BCUT2D eigenvalue weighted by atomic mass is 10.2. The minimum absolute atomic E-state index is 0.0857. The molecule has 4 aromatic rings. The van der Waals surface area contributed by atoms with Gasteiger partial charge in [-0.15, -0.1) is 11.3 Å². The van der Waals surface area contributed by atoms with E-state index >= 15 is 0 Å². The molecule has 0 atom stereocenters. The molecule has 2 aromatic carbocycles. The molecule has 8 heteroatoms. The van der Waals surface area contributed by atoms with E-state index in [1.807, 2.05) is 40.2 Å². The summed E-state index contributed by atoms with van der Waals surface area (Å²) in [7, 11) is 0. The molecule has 1 aliphatic rings. The van der Waals surface area contributed by atoms with Crippen molar-refractivity contribution in [3.63, 3.8) is 0 Å². The zero-order valence-electron chi connectivity index (χ0n) is 16.8. The van der Waals surface area contributed by atoms with Crippen LogP contribution in [0.1, 0.15) is 5.69 Å². The van der Waals surface area contributed by atoms with Crippen LogP contribution in [0.3, 0.4) is 0 Å². The second kappa shape index (κ2) is 8.49. The van der Waals surface area contributed by atoms with Crippen molar-refractivity contribution in [1.29, 1.82) is 0 Å². The molecule has 1 aliphatic heterocycles. The summed E-state index contributed by atoms with van der Waals surface area (Å²) < 4.78 is 20.6. The van der Waals surface area contributed by atoms with Crippen LogP contribution in [0.25, 0.3) is 16.2 Å². The summed E-state index contributed by atoms with van der Waals surface area (Å²) in [6.07, 6.45) is 2.13. The SMILES string of the molecule is O=C(Cc1csc2nc(-c3ccc(F)cc3)cn12)Nc1ccccc1N1CCOCC1. The highest BCUT2D eigenvalue weighted by atomic mass is 32.1. The van der Waals surface area contributed by atoms with Crippen molar-refractivity contribution in [2.75, 3.05) is 36.5 Å². The number of anilines is 2. The lowest BCUT2D eigenvalue weighted by Crippen LogP contribution is -2.36. The Labute approximate surface area is 182 Å². The zero-order chi connectivity index (χ0) is 21.2. The van der Waals surface area contributed by atoms with E-state index in [2.05, 4.69) is 15.2 Å².